The average molecular weight is 333 g/mol. The van der Waals surface area contributed by atoms with Gasteiger partial charge in [0, 0.05) is 32.5 Å². The Labute approximate surface area is 143 Å². The van der Waals surface area contributed by atoms with Gasteiger partial charge in [-0.1, -0.05) is 13.8 Å². The number of hydrogen-bond donors (Lipinski definition) is 1. The predicted molar refractivity (Wildman–Crippen MR) is 92.1 cm³/mol. The zero-order valence-corrected chi connectivity index (χ0v) is 14.6. The first-order chi connectivity index (χ1) is 11.6. The first-order valence-corrected chi connectivity index (χ1v) is 8.85. The molecular weight excluding hydrogens is 306 g/mol. The van der Waals surface area contributed by atoms with Gasteiger partial charge in [0.2, 0.25) is 0 Å². The zero-order valence-electron chi connectivity index (χ0n) is 14.6. The lowest BCUT2D eigenvalue weighted by atomic mass is 10.0. The molecule has 2 saturated heterocycles. The molecule has 1 N–H and O–H groups in total. The molecule has 1 aromatic heterocycles. The van der Waals surface area contributed by atoms with Crippen LogP contribution in [0.25, 0.3) is 0 Å². The monoisotopic (exact) mass is 333 g/mol. The summed E-state index contributed by atoms with van der Waals surface area (Å²) in [6.45, 7) is 8.12. The molecule has 0 aromatic carbocycles. The molecule has 24 heavy (non-hydrogen) atoms. The van der Waals surface area contributed by atoms with Crippen LogP contribution in [0.5, 0.6) is 0 Å². The van der Waals surface area contributed by atoms with E-state index in [0.29, 0.717) is 31.4 Å². The van der Waals surface area contributed by atoms with Crippen molar-refractivity contribution in [2.45, 2.75) is 38.9 Å². The summed E-state index contributed by atoms with van der Waals surface area (Å²) in [4.78, 5) is 18.7. The summed E-state index contributed by atoms with van der Waals surface area (Å²) in [5, 5.41) is 2.91. The molecule has 3 rings (SSSR count). The number of amides is 1. The number of nitrogens with one attached hydrogen (secondary N) is 1. The van der Waals surface area contributed by atoms with Crippen molar-refractivity contribution in [3.8, 4) is 0 Å². The molecule has 0 saturated carbocycles. The average Bonchev–Trinajstić information content (AvgIpc) is 3.03. The number of piperidine rings is 1. The summed E-state index contributed by atoms with van der Waals surface area (Å²) in [7, 11) is 0. The fourth-order valence-corrected chi connectivity index (χ4v) is 3.16. The number of anilines is 1. The van der Waals surface area contributed by atoms with Gasteiger partial charge in [0.25, 0.3) is 5.91 Å². The third-order valence-corrected chi connectivity index (χ3v) is 4.69. The molecule has 6 heteroatoms. The van der Waals surface area contributed by atoms with Crippen LogP contribution in [0.3, 0.4) is 0 Å². The van der Waals surface area contributed by atoms with Crippen molar-refractivity contribution in [2.75, 3.05) is 37.7 Å². The lowest BCUT2D eigenvalue weighted by Crippen LogP contribution is -2.45. The van der Waals surface area contributed by atoms with Gasteiger partial charge in [0.1, 0.15) is 5.69 Å². The van der Waals surface area contributed by atoms with Gasteiger partial charge in [0.05, 0.1) is 25.1 Å². The SMILES string of the molecule is CC(C)CCNC(=O)c1ccc(N2CCC3(CC2)OCCO3)cn1. The molecule has 0 aliphatic carbocycles. The van der Waals surface area contributed by atoms with E-state index in [9.17, 15) is 4.79 Å². The first kappa shape index (κ1) is 17.2. The zero-order chi connectivity index (χ0) is 17.0. The maximum absolute atomic E-state index is 12.1. The van der Waals surface area contributed by atoms with Crippen molar-refractivity contribution in [2.24, 2.45) is 5.92 Å². The van der Waals surface area contributed by atoms with E-state index in [0.717, 1.165) is 38.0 Å². The number of aromatic nitrogens is 1. The summed E-state index contributed by atoms with van der Waals surface area (Å²) < 4.78 is 11.5. The number of nitrogens with zero attached hydrogens (tertiary/aromatic N) is 2. The fourth-order valence-electron chi connectivity index (χ4n) is 3.16. The Balaban J connectivity index is 1.52. The highest BCUT2D eigenvalue weighted by molar-refractivity contribution is 5.92. The van der Waals surface area contributed by atoms with E-state index in [1.807, 2.05) is 6.07 Å². The number of pyridine rings is 1. The van der Waals surface area contributed by atoms with Gasteiger partial charge in [-0.25, -0.2) is 4.98 Å². The van der Waals surface area contributed by atoms with Crippen LogP contribution >= 0.6 is 0 Å². The molecule has 2 aliphatic rings. The molecule has 0 atom stereocenters. The predicted octanol–water partition coefficient (Wildman–Crippen LogP) is 2.20. The molecule has 3 heterocycles. The summed E-state index contributed by atoms with van der Waals surface area (Å²) in [5.74, 6) is 0.114. The second-order valence-electron chi connectivity index (χ2n) is 6.93. The molecule has 2 aliphatic heterocycles. The quantitative estimate of drug-likeness (QED) is 0.895. The van der Waals surface area contributed by atoms with Gasteiger partial charge in [-0.3, -0.25) is 4.79 Å². The van der Waals surface area contributed by atoms with E-state index in [4.69, 9.17) is 9.47 Å². The van der Waals surface area contributed by atoms with Crippen molar-refractivity contribution in [1.82, 2.24) is 10.3 Å². The van der Waals surface area contributed by atoms with Crippen LogP contribution in [0, 0.1) is 5.92 Å². The van der Waals surface area contributed by atoms with Crippen molar-refractivity contribution < 1.29 is 14.3 Å². The topological polar surface area (TPSA) is 63.7 Å². The Morgan fingerprint density at radius 1 is 1.29 bits per heavy atom. The van der Waals surface area contributed by atoms with Crippen LogP contribution in [0.15, 0.2) is 18.3 Å². The van der Waals surface area contributed by atoms with Gasteiger partial charge in [-0.2, -0.15) is 0 Å². The largest absolute Gasteiger partial charge is 0.370 e. The third-order valence-electron chi connectivity index (χ3n) is 4.69. The van der Waals surface area contributed by atoms with Crippen molar-refractivity contribution in [1.29, 1.82) is 0 Å². The van der Waals surface area contributed by atoms with E-state index >= 15 is 0 Å². The molecule has 1 spiro atoms. The maximum Gasteiger partial charge on any atom is 0.269 e. The minimum absolute atomic E-state index is 0.104. The lowest BCUT2D eigenvalue weighted by Gasteiger charge is -2.38. The van der Waals surface area contributed by atoms with Gasteiger partial charge in [-0.05, 0) is 24.5 Å². The Bertz CT molecular complexity index is 543. The summed E-state index contributed by atoms with van der Waals surface area (Å²) in [6, 6.07) is 3.77. The Kier molecular flexibility index (Phi) is 5.36. The Morgan fingerprint density at radius 3 is 2.58 bits per heavy atom. The number of carbonyl (C=O) groups excluding carboxylic acids is 1. The summed E-state index contributed by atoms with van der Waals surface area (Å²) in [6.07, 6.45) is 4.49. The van der Waals surface area contributed by atoms with Gasteiger partial charge in [-0.15, -0.1) is 0 Å². The highest BCUT2D eigenvalue weighted by Gasteiger charge is 2.39. The van der Waals surface area contributed by atoms with E-state index in [-0.39, 0.29) is 11.7 Å². The van der Waals surface area contributed by atoms with Gasteiger partial charge >= 0.3 is 0 Å². The fraction of sp³-hybridized carbons (Fsp3) is 0.667. The van der Waals surface area contributed by atoms with E-state index in [2.05, 4.69) is 29.0 Å². The lowest BCUT2D eigenvalue weighted by molar-refractivity contribution is -0.169. The minimum Gasteiger partial charge on any atom is -0.370 e. The second kappa shape index (κ2) is 7.49. The Hall–Kier alpha value is -1.66. The van der Waals surface area contributed by atoms with Crippen molar-refractivity contribution in [3.05, 3.63) is 24.0 Å². The van der Waals surface area contributed by atoms with Crippen LogP contribution in [-0.2, 0) is 9.47 Å². The Morgan fingerprint density at radius 2 is 2.00 bits per heavy atom. The van der Waals surface area contributed by atoms with Gasteiger partial charge in [0.15, 0.2) is 5.79 Å². The maximum atomic E-state index is 12.1. The second-order valence-corrected chi connectivity index (χ2v) is 6.93. The normalized spacial score (nSPS) is 19.9. The van der Waals surface area contributed by atoms with Crippen LogP contribution < -0.4 is 10.2 Å². The standard InChI is InChI=1S/C18H27N3O3/c1-14(2)5-8-19-17(22)16-4-3-15(13-20-16)21-9-6-18(7-10-21)23-11-12-24-18/h3-4,13-14H,5-12H2,1-2H3,(H,19,22). The van der Waals surface area contributed by atoms with E-state index < -0.39 is 0 Å². The minimum atomic E-state index is -0.361. The molecule has 1 aromatic rings. The smallest absolute Gasteiger partial charge is 0.269 e. The van der Waals surface area contributed by atoms with Crippen LogP contribution in [0.2, 0.25) is 0 Å². The number of rotatable bonds is 5. The van der Waals surface area contributed by atoms with Crippen LogP contribution in [0.4, 0.5) is 5.69 Å². The van der Waals surface area contributed by atoms with E-state index in [1.165, 1.54) is 0 Å². The summed E-state index contributed by atoms with van der Waals surface area (Å²) >= 11 is 0. The molecule has 132 valence electrons. The molecule has 0 radical (unpaired) electrons. The molecule has 0 bridgehead atoms. The van der Waals surface area contributed by atoms with Gasteiger partial charge < -0.3 is 19.7 Å². The summed E-state index contributed by atoms with van der Waals surface area (Å²) in [5.41, 5.74) is 1.51. The molecule has 0 unspecified atom stereocenters. The third kappa shape index (κ3) is 4.05. The van der Waals surface area contributed by atoms with Crippen molar-refractivity contribution in [3.63, 3.8) is 0 Å². The highest BCUT2D eigenvalue weighted by Crippen LogP contribution is 2.32. The molecular formula is C18H27N3O3. The van der Waals surface area contributed by atoms with Crippen LogP contribution in [0.1, 0.15) is 43.6 Å². The first-order valence-electron chi connectivity index (χ1n) is 8.85. The molecule has 2 fully saturated rings. The number of ether oxygens (including phenoxy) is 2. The number of carbonyl (C=O) groups is 1. The highest BCUT2D eigenvalue weighted by atomic mass is 16.7. The molecule has 1 amide bonds. The molecule has 6 nitrogen and oxygen atoms in total. The van der Waals surface area contributed by atoms with Crippen molar-refractivity contribution >= 4 is 11.6 Å². The van der Waals surface area contributed by atoms with E-state index in [1.54, 1.807) is 12.3 Å². The number of hydrogen-bond acceptors (Lipinski definition) is 5. The van der Waals surface area contributed by atoms with Crippen LogP contribution in [-0.4, -0.2) is 49.5 Å².